The van der Waals surface area contributed by atoms with E-state index in [1.165, 1.54) is 11.1 Å². The van der Waals surface area contributed by atoms with Crippen LogP contribution in [-0.2, 0) is 4.79 Å². The lowest BCUT2D eigenvalue weighted by atomic mass is 9.91. The van der Waals surface area contributed by atoms with Gasteiger partial charge in [0.05, 0.1) is 5.92 Å². The molecule has 2 unspecified atom stereocenters. The summed E-state index contributed by atoms with van der Waals surface area (Å²) in [6.07, 6.45) is 0.976. The Kier molecular flexibility index (Phi) is 4.02. The monoisotopic (exact) mass is 246 g/mol. The number of hydrogen-bond donors (Lipinski definition) is 2. The van der Waals surface area contributed by atoms with Crippen LogP contribution >= 0.6 is 0 Å². The Morgan fingerprint density at radius 2 is 2.06 bits per heavy atom. The number of hydrogen-bond acceptors (Lipinski definition) is 2. The van der Waals surface area contributed by atoms with Crippen LogP contribution in [0.25, 0.3) is 0 Å². The van der Waals surface area contributed by atoms with Gasteiger partial charge < -0.3 is 10.6 Å². The smallest absolute Gasteiger partial charge is 0.228 e. The van der Waals surface area contributed by atoms with E-state index in [0.29, 0.717) is 5.92 Å². The molecule has 1 aliphatic heterocycles. The highest BCUT2D eigenvalue weighted by atomic mass is 16.1. The Morgan fingerprint density at radius 3 is 2.72 bits per heavy atom. The van der Waals surface area contributed by atoms with Gasteiger partial charge in [0.1, 0.15) is 0 Å². The Morgan fingerprint density at radius 1 is 1.28 bits per heavy atom. The Labute approximate surface area is 109 Å². The minimum atomic E-state index is 0.0929. The Bertz CT molecular complexity index is 442. The van der Waals surface area contributed by atoms with E-state index in [2.05, 4.69) is 31.4 Å². The summed E-state index contributed by atoms with van der Waals surface area (Å²) in [5, 5.41) is 6.33. The van der Waals surface area contributed by atoms with Crippen molar-refractivity contribution >= 4 is 11.6 Å². The van der Waals surface area contributed by atoms with Crippen molar-refractivity contribution in [3.63, 3.8) is 0 Å². The molecule has 1 aromatic carbocycles. The first-order valence-corrected chi connectivity index (χ1v) is 6.65. The molecule has 18 heavy (non-hydrogen) atoms. The van der Waals surface area contributed by atoms with Crippen molar-refractivity contribution in [3.05, 3.63) is 29.3 Å². The molecule has 1 aromatic rings. The number of anilines is 1. The summed E-state index contributed by atoms with van der Waals surface area (Å²) in [7, 11) is 0. The lowest BCUT2D eigenvalue weighted by Gasteiger charge is -2.26. The minimum absolute atomic E-state index is 0.0929. The molecule has 98 valence electrons. The first-order chi connectivity index (χ1) is 8.56. The fraction of sp³-hybridized carbons (Fsp3) is 0.533. The van der Waals surface area contributed by atoms with E-state index < -0.39 is 0 Å². The van der Waals surface area contributed by atoms with Crippen LogP contribution in [-0.4, -0.2) is 19.0 Å². The van der Waals surface area contributed by atoms with Gasteiger partial charge in [-0.3, -0.25) is 4.79 Å². The number of nitrogens with one attached hydrogen (secondary N) is 2. The van der Waals surface area contributed by atoms with Crippen molar-refractivity contribution < 1.29 is 4.79 Å². The molecule has 1 fully saturated rings. The Balaban J connectivity index is 2.00. The Hall–Kier alpha value is -1.35. The third-order valence-corrected chi connectivity index (χ3v) is 3.72. The van der Waals surface area contributed by atoms with Gasteiger partial charge in [-0.2, -0.15) is 0 Å². The van der Waals surface area contributed by atoms with Gasteiger partial charge >= 0.3 is 0 Å². The molecule has 0 bridgehead atoms. The molecule has 2 N–H and O–H groups in total. The SMILES string of the molecule is Cc1ccc(NC(=O)C2CNCC(C)C2)cc1C. The van der Waals surface area contributed by atoms with Crippen LogP contribution in [0.5, 0.6) is 0 Å². The van der Waals surface area contributed by atoms with Crippen molar-refractivity contribution in [3.8, 4) is 0 Å². The molecule has 1 amide bonds. The highest BCUT2D eigenvalue weighted by Crippen LogP contribution is 2.19. The van der Waals surface area contributed by atoms with Gasteiger partial charge in [0.2, 0.25) is 5.91 Å². The topological polar surface area (TPSA) is 41.1 Å². The van der Waals surface area contributed by atoms with Crippen LogP contribution in [0.2, 0.25) is 0 Å². The number of piperidine rings is 1. The maximum absolute atomic E-state index is 12.2. The average molecular weight is 246 g/mol. The van der Waals surface area contributed by atoms with Gasteiger partial charge in [0, 0.05) is 12.2 Å². The molecule has 1 heterocycles. The van der Waals surface area contributed by atoms with Crippen molar-refractivity contribution in [1.82, 2.24) is 5.32 Å². The predicted octanol–water partition coefficient (Wildman–Crippen LogP) is 2.49. The van der Waals surface area contributed by atoms with Crippen LogP contribution in [0.4, 0.5) is 5.69 Å². The van der Waals surface area contributed by atoms with Crippen LogP contribution < -0.4 is 10.6 Å². The van der Waals surface area contributed by atoms with E-state index in [4.69, 9.17) is 0 Å². The summed E-state index contributed by atoms with van der Waals surface area (Å²) in [5.41, 5.74) is 3.37. The molecule has 1 saturated heterocycles. The predicted molar refractivity (Wildman–Crippen MR) is 74.7 cm³/mol. The maximum Gasteiger partial charge on any atom is 0.228 e. The molecule has 2 rings (SSSR count). The standard InChI is InChI=1S/C15H22N2O/c1-10-6-13(9-16-8-10)15(18)17-14-5-4-11(2)12(3)7-14/h4-5,7,10,13,16H,6,8-9H2,1-3H3,(H,17,18). The van der Waals surface area contributed by atoms with Gasteiger partial charge in [0.25, 0.3) is 0 Å². The first kappa shape index (κ1) is 13.1. The van der Waals surface area contributed by atoms with Gasteiger partial charge in [-0.05, 0) is 56.0 Å². The largest absolute Gasteiger partial charge is 0.326 e. The quantitative estimate of drug-likeness (QED) is 0.841. The zero-order valence-electron chi connectivity index (χ0n) is 11.4. The number of aryl methyl sites for hydroxylation is 2. The zero-order chi connectivity index (χ0) is 13.1. The van der Waals surface area contributed by atoms with E-state index in [-0.39, 0.29) is 11.8 Å². The molecule has 0 aliphatic carbocycles. The molecular weight excluding hydrogens is 224 g/mol. The number of amides is 1. The number of carbonyl (C=O) groups is 1. The van der Waals surface area contributed by atoms with Crippen LogP contribution in [0.3, 0.4) is 0 Å². The summed E-state index contributed by atoms with van der Waals surface area (Å²) in [5.74, 6) is 0.807. The summed E-state index contributed by atoms with van der Waals surface area (Å²) in [6.45, 7) is 8.14. The van der Waals surface area contributed by atoms with Crippen molar-refractivity contribution in [1.29, 1.82) is 0 Å². The second kappa shape index (κ2) is 5.53. The normalized spacial score (nSPS) is 23.7. The zero-order valence-corrected chi connectivity index (χ0v) is 11.4. The van der Waals surface area contributed by atoms with Crippen LogP contribution in [0, 0.1) is 25.7 Å². The van der Waals surface area contributed by atoms with Crippen molar-refractivity contribution in [2.45, 2.75) is 27.2 Å². The van der Waals surface area contributed by atoms with Gasteiger partial charge in [0.15, 0.2) is 0 Å². The van der Waals surface area contributed by atoms with Gasteiger partial charge in [-0.25, -0.2) is 0 Å². The summed E-state index contributed by atoms with van der Waals surface area (Å²) < 4.78 is 0. The highest BCUT2D eigenvalue weighted by Gasteiger charge is 2.24. The lowest BCUT2D eigenvalue weighted by molar-refractivity contribution is -0.120. The summed E-state index contributed by atoms with van der Waals surface area (Å²) in [4.78, 5) is 12.2. The van der Waals surface area contributed by atoms with E-state index in [0.717, 1.165) is 25.2 Å². The molecule has 0 spiro atoms. The van der Waals surface area contributed by atoms with E-state index >= 15 is 0 Å². The van der Waals surface area contributed by atoms with Gasteiger partial charge in [-0.15, -0.1) is 0 Å². The molecule has 3 heteroatoms. The van der Waals surface area contributed by atoms with Gasteiger partial charge in [-0.1, -0.05) is 13.0 Å². The van der Waals surface area contributed by atoms with E-state index in [9.17, 15) is 4.79 Å². The molecule has 1 aliphatic rings. The molecule has 0 aromatic heterocycles. The summed E-state index contributed by atoms with van der Waals surface area (Å²) >= 11 is 0. The molecular formula is C15H22N2O. The first-order valence-electron chi connectivity index (χ1n) is 6.65. The van der Waals surface area contributed by atoms with Crippen LogP contribution in [0.1, 0.15) is 24.5 Å². The molecule has 2 atom stereocenters. The third kappa shape index (κ3) is 3.10. The molecule has 0 saturated carbocycles. The van der Waals surface area contributed by atoms with E-state index in [1.54, 1.807) is 0 Å². The highest BCUT2D eigenvalue weighted by molar-refractivity contribution is 5.92. The fourth-order valence-electron chi connectivity index (χ4n) is 2.42. The number of benzene rings is 1. The van der Waals surface area contributed by atoms with Crippen molar-refractivity contribution in [2.24, 2.45) is 11.8 Å². The third-order valence-electron chi connectivity index (χ3n) is 3.72. The maximum atomic E-state index is 12.2. The van der Waals surface area contributed by atoms with Crippen molar-refractivity contribution in [2.75, 3.05) is 18.4 Å². The average Bonchev–Trinajstić information content (AvgIpc) is 2.34. The second-order valence-electron chi connectivity index (χ2n) is 5.48. The molecule has 0 radical (unpaired) electrons. The second-order valence-corrected chi connectivity index (χ2v) is 5.48. The van der Waals surface area contributed by atoms with Crippen LogP contribution in [0.15, 0.2) is 18.2 Å². The number of rotatable bonds is 2. The minimum Gasteiger partial charge on any atom is -0.326 e. The van der Waals surface area contributed by atoms with E-state index in [1.807, 2.05) is 18.2 Å². The molecule has 3 nitrogen and oxygen atoms in total. The lowest BCUT2D eigenvalue weighted by Crippen LogP contribution is -2.40. The summed E-state index contributed by atoms with van der Waals surface area (Å²) in [6, 6.07) is 6.06. The number of carbonyl (C=O) groups excluding carboxylic acids is 1. The fourth-order valence-corrected chi connectivity index (χ4v) is 2.42.